The molecule has 0 saturated carbocycles. The van der Waals surface area contributed by atoms with Crippen molar-refractivity contribution in [3.63, 3.8) is 0 Å². The number of aromatic amines is 1. The molecule has 0 bridgehead atoms. The van der Waals surface area contributed by atoms with Crippen molar-refractivity contribution < 1.29 is 14.0 Å². The van der Waals surface area contributed by atoms with Crippen LogP contribution in [0.15, 0.2) is 12.4 Å². The van der Waals surface area contributed by atoms with E-state index in [1.54, 1.807) is 7.11 Å². The van der Waals surface area contributed by atoms with Gasteiger partial charge in [0.2, 0.25) is 0 Å². The molecule has 0 amide bonds. The molecule has 4 nitrogen and oxygen atoms in total. The topological polar surface area (TPSA) is 38.1 Å². The number of imidazole rings is 1. The summed E-state index contributed by atoms with van der Waals surface area (Å²) in [5.74, 6) is 1.21. The first-order chi connectivity index (χ1) is 6.88. The van der Waals surface area contributed by atoms with Gasteiger partial charge in [0.1, 0.15) is 12.4 Å². The number of rotatable bonds is 7. The Kier molecular flexibility index (Phi) is 5.25. The number of nitrogens with zero attached hydrogens (tertiary/aromatic N) is 1. The SMILES string of the molecule is CC[n+]1cc[nH]c1CCOCCOC. The van der Waals surface area contributed by atoms with E-state index in [0.717, 1.165) is 19.6 Å². The summed E-state index contributed by atoms with van der Waals surface area (Å²) >= 11 is 0. The van der Waals surface area contributed by atoms with Gasteiger partial charge in [0.15, 0.2) is 0 Å². The summed E-state index contributed by atoms with van der Waals surface area (Å²) in [5, 5.41) is 0. The molecule has 1 aromatic heterocycles. The van der Waals surface area contributed by atoms with Crippen molar-refractivity contribution in [2.45, 2.75) is 19.9 Å². The van der Waals surface area contributed by atoms with Crippen molar-refractivity contribution in [3.05, 3.63) is 18.2 Å². The van der Waals surface area contributed by atoms with E-state index in [-0.39, 0.29) is 0 Å². The van der Waals surface area contributed by atoms with E-state index in [0.29, 0.717) is 13.2 Å². The molecule has 0 saturated heterocycles. The minimum atomic E-state index is 0.665. The summed E-state index contributed by atoms with van der Waals surface area (Å²) in [5.41, 5.74) is 0. The van der Waals surface area contributed by atoms with Crippen LogP contribution in [0.1, 0.15) is 12.7 Å². The Morgan fingerprint density at radius 1 is 1.36 bits per heavy atom. The molecule has 1 aromatic rings. The maximum atomic E-state index is 5.39. The maximum Gasteiger partial charge on any atom is 0.256 e. The third-order valence-corrected chi connectivity index (χ3v) is 2.11. The monoisotopic (exact) mass is 199 g/mol. The average molecular weight is 199 g/mol. The largest absolute Gasteiger partial charge is 0.382 e. The predicted molar refractivity (Wildman–Crippen MR) is 53.1 cm³/mol. The van der Waals surface area contributed by atoms with Gasteiger partial charge in [-0.1, -0.05) is 0 Å². The smallest absolute Gasteiger partial charge is 0.256 e. The zero-order valence-corrected chi connectivity index (χ0v) is 8.95. The second-order valence-corrected chi connectivity index (χ2v) is 3.05. The Morgan fingerprint density at radius 2 is 2.21 bits per heavy atom. The zero-order chi connectivity index (χ0) is 10.2. The van der Waals surface area contributed by atoms with Gasteiger partial charge in [0.05, 0.1) is 32.8 Å². The Hall–Kier alpha value is -0.870. The number of hydrogen-bond acceptors (Lipinski definition) is 2. The molecular weight excluding hydrogens is 180 g/mol. The number of ether oxygens (including phenoxy) is 2. The fourth-order valence-corrected chi connectivity index (χ4v) is 1.32. The highest BCUT2D eigenvalue weighted by molar-refractivity contribution is 4.76. The van der Waals surface area contributed by atoms with Gasteiger partial charge in [0.25, 0.3) is 5.82 Å². The lowest BCUT2D eigenvalue weighted by Crippen LogP contribution is -2.35. The molecule has 1 heterocycles. The van der Waals surface area contributed by atoms with Gasteiger partial charge in [-0.3, -0.25) is 0 Å². The molecular formula is C10H19N2O2+. The van der Waals surface area contributed by atoms with Crippen LogP contribution in [0, 0.1) is 0 Å². The molecule has 1 N–H and O–H groups in total. The minimum Gasteiger partial charge on any atom is -0.382 e. The first-order valence-corrected chi connectivity index (χ1v) is 5.00. The van der Waals surface area contributed by atoms with Crippen LogP contribution in [0.4, 0.5) is 0 Å². The van der Waals surface area contributed by atoms with Crippen molar-refractivity contribution in [1.29, 1.82) is 0 Å². The summed E-state index contributed by atoms with van der Waals surface area (Å²) in [7, 11) is 1.68. The Labute approximate surface area is 84.9 Å². The number of hydrogen-bond donors (Lipinski definition) is 1. The van der Waals surface area contributed by atoms with Crippen LogP contribution in [-0.4, -0.2) is 31.9 Å². The molecule has 0 spiro atoms. The minimum absolute atomic E-state index is 0.665. The summed E-state index contributed by atoms with van der Waals surface area (Å²) in [6.45, 7) is 5.20. The molecule has 14 heavy (non-hydrogen) atoms. The fraction of sp³-hybridized carbons (Fsp3) is 0.700. The third kappa shape index (κ3) is 3.47. The number of H-pyrrole nitrogens is 1. The molecule has 0 radical (unpaired) electrons. The van der Waals surface area contributed by atoms with E-state index in [1.807, 2.05) is 12.4 Å². The molecule has 0 atom stereocenters. The molecule has 80 valence electrons. The molecule has 0 aliphatic rings. The number of aryl methyl sites for hydroxylation is 1. The zero-order valence-electron chi connectivity index (χ0n) is 8.95. The highest BCUT2D eigenvalue weighted by Crippen LogP contribution is 1.89. The maximum absolute atomic E-state index is 5.39. The highest BCUT2D eigenvalue weighted by atomic mass is 16.5. The van der Waals surface area contributed by atoms with E-state index < -0.39 is 0 Å². The lowest BCUT2D eigenvalue weighted by Gasteiger charge is -2.01. The van der Waals surface area contributed by atoms with Crippen molar-refractivity contribution >= 4 is 0 Å². The lowest BCUT2D eigenvalue weighted by atomic mass is 10.4. The van der Waals surface area contributed by atoms with E-state index in [1.165, 1.54) is 5.82 Å². The van der Waals surface area contributed by atoms with E-state index in [4.69, 9.17) is 9.47 Å². The van der Waals surface area contributed by atoms with Crippen LogP contribution < -0.4 is 4.57 Å². The van der Waals surface area contributed by atoms with Crippen molar-refractivity contribution in [2.24, 2.45) is 0 Å². The quantitative estimate of drug-likeness (QED) is 0.514. The van der Waals surface area contributed by atoms with Crippen LogP contribution in [0.5, 0.6) is 0 Å². The van der Waals surface area contributed by atoms with Crippen LogP contribution in [0.2, 0.25) is 0 Å². The molecule has 0 unspecified atom stereocenters. The van der Waals surface area contributed by atoms with Crippen LogP contribution >= 0.6 is 0 Å². The number of nitrogens with one attached hydrogen (secondary N) is 1. The summed E-state index contributed by atoms with van der Waals surface area (Å²) in [6, 6.07) is 0. The number of methoxy groups -OCH3 is 1. The Bertz CT molecular complexity index is 248. The van der Waals surface area contributed by atoms with Crippen LogP contribution in [-0.2, 0) is 22.4 Å². The Balaban J connectivity index is 2.17. The van der Waals surface area contributed by atoms with Crippen LogP contribution in [0.3, 0.4) is 0 Å². The van der Waals surface area contributed by atoms with Crippen molar-refractivity contribution in [2.75, 3.05) is 26.9 Å². The molecule has 1 rings (SSSR count). The highest BCUT2D eigenvalue weighted by Gasteiger charge is 2.07. The van der Waals surface area contributed by atoms with Gasteiger partial charge in [-0.25, -0.2) is 9.55 Å². The average Bonchev–Trinajstić information content (AvgIpc) is 2.65. The molecule has 0 aliphatic heterocycles. The van der Waals surface area contributed by atoms with Crippen LogP contribution in [0.25, 0.3) is 0 Å². The summed E-state index contributed by atoms with van der Waals surface area (Å²) in [6.07, 6.45) is 4.92. The normalized spacial score (nSPS) is 10.7. The van der Waals surface area contributed by atoms with Gasteiger partial charge < -0.3 is 9.47 Å². The van der Waals surface area contributed by atoms with Gasteiger partial charge >= 0.3 is 0 Å². The van der Waals surface area contributed by atoms with Crippen molar-refractivity contribution in [3.8, 4) is 0 Å². The number of aromatic nitrogens is 2. The fourth-order valence-electron chi connectivity index (χ4n) is 1.32. The summed E-state index contributed by atoms with van der Waals surface area (Å²) in [4.78, 5) is 3.20. The third-order valence-electron chi connectivity index (χ3n) is 2.11. The standard InChI is InChI=1S/C10H18N2O2/c1-3-12-6-5-11-10(12)4-7-14-9-8-13-2/h5-6H,3-4,7-9H2,1-2H3/p+1. The second kappa shape index (κ2) is 6.56. The first kappa shape index (κ1) is 11.2. The molecule has 0 aromatic carbocycles. The van der Waals surface area contributed by atoms with Crippen molar-refractivity contribution in [1.82, 2.24) is 4.98 Å². The van der Waals surface area contributed by atoms with Gasteiger partial charge in [0, 0.05) is 7.11 Å². The second-order valence-electron chi connectivity index (χ2n) is 3.05. The molecule has 0 aliphatic carbocycles. The van der Waals surface area contributed by atoms with Gasteiger partial charge in [-0.2, -0.15) is 0 Å². The predicted octanol–water partition coefficient (Wildman–Crippen LogP) is 0.528. The Morgan fingerprint density at radius 3 is 2.93 bits per heavy atom. The lowest BCUT2D eigenvalue weighted by molar-refractivity contribution is -0.699. The van der Waals surface area contributed by atoms with E-state index in [2.05, 4.69) is 16.5 Å². The molecule has 4 heteroatoms. The first-order valence-electron chi connectivity index (χ1n) is 5.00. The summed E-state index contributed by atoms with van der Waals surface area (Å²) < 4.78 is 12.5. The van der Waals surface area contributed by atoms with Gasteiger partial charge in [-0.15, -0.1) is 0 Å². The van der Waals surface area contributed by atoms with E-state index >= 15 is 0 Å². The molecule has 0 fully saturated rings. The van der Waals surface area contributed by atoms with E-state index in [9.17, 15) is 0 Å². The van der Waals surface area contributed by atoms with Gasteiger partial charge in [-0.05, 0) is 6.92 Å².